The molecule has 2 heterocycles. The molecule has 0 saturated heterocycles. The molecule has 0 aliphatic carbocycles. The van der Waals surface area contributed by atoms with Crippen molar-refractivity contribution in [3.05, 3.63) is 28.2 Å². The van der Waals surface area contributed by atoms with Crippen LogP contribution in [0.2, 0.25) is 0 Å². The molecule has 0 saturated carbocycles. The van der Waals surface area contributed by atoms with Crippen molar-refractivity contribution < 1.29 is 4.79 Å². The lowest BCUT2D eigenvalue weighted by molar-refractivity contribution is 0.101. The van der Waals surface area contributed by atoms with E-state index in [0.29, 0.717) is 16.8 Å². The van der Waals surface area contributed by atoms with Crippen LogP contribution in [0.5, 0.6) is 0 Å². The van der Waals surface area contributed by atoms with Crippen molar-refractivity contribution >= 4 is 34.3 Å². The van der Waals surface area contributed by atoms with Crippen LogP contribution in [-0.2, 0) is 6.54 Å². The summed E-state index contributed by atoms with van der Waals surface area (Å²) in [6.45, 7) is 2.53. The smallest absolute Gasteiger partial charge is 0.277 e. The van der Waals surface area contributed by atoms with Gasteiger partial charge in [-0.2, -0.15) is 14.5 Å². The van der Waals surface area contributed by atoms with Crippen LogP contribution in [0.3, 0.4) is 0 Å². The number of nitrogens with one attached hydrogen (secondary N) is 1. The van der Waals surface area contributed by atoms with Crippen LogP contribution in [0, 0.1) is 0 Å². The summed E-state index contributed by atoms with van der Waals surface area (Å²) in [5.74, 6) is -0.399. The van der Waals surface area contributed by atoms with Gasteiger partial charge in [0.2, 0.25) is 10.3 Å². The number of rotatable bonds is 6. The molecule has 2 aromatic rings. The van der Waals surface area contributed by atoms with Gasteiger partial charge >= 0.3 is 0 Å². The zero-order valence-electron chi connectivity index (χ0n) is 11.7. The topological polar surface area (TPSA) is 89.8 Å². The van der Waals surface area contributed by atoms with Crippen molar-refractivity contribution in [2.24, 2.45) is 0 Å². The summed E-state index contributed by atoms with van der Waals surface area (Å²) in [7, 11) is 0. The molecule has 112 valence electrons. The van der Waals surface area contributed by atoms with E-state index in [0.717, 1.165) is 24.4 Å². The Hall–Kier alpha value is -1.74. The first-order valence-electron chi connectivity index (χ1n) is 6.41. The number of nitrogens with zero attached hydrogens (tertiary/aromatic N) is 4. The summed E-state index contributed by atoms with van der Waals surface area (Å²) >= 11 is 2.51. The zero-order valence-corrected chi connectivity index (χ0v) is 13.3. The fraction of sp³-hybridized carbons (Fsp3) is 0.417. The summed E-state index contributed by atoms with van der Waals surface area (Å²) in [6, 6.07) is 2.77. The molecule has 2 aromatic heterocycles. The number of aromatic nitrogens is 4. The van der Waals surface area contributed by atoms with Gasteiger partial charge in [-0.1, -0.05) is 25.1 Å². The molecule has 0 bridgehead atoms. The minimum atomic E-state index is -0.399. The second-order valence-corrected chi connectivity index (χ2v) is 5.70. The molecule has 21 heavy (non-hydrogen) atoms. The van der Waals surface area contributed by atoms with Gasteiger partial charge in [-0.25, -0.2) is 4.68 Å². The van der Waals surface area contributed by atoms with Crippen molar-refractivity contribution in [2.75, 3.05) is 11.6 Å². The molecule has 0 aromatic carbocycles. The molecule has 0 atom stereocenters. The Kier molecular flexibility index (Phi) is 5.45. The summed E-state index contributed by atoms with van der Waals surface area (Å²) in [6.07, 6.45) is 3.65. The van der Waals surface area contributed by atoms with E-state index in [1.165, 1.54) is 28.6 Å². The van der Waals surface area contributed by atoms with Gasteiger partial charge in [-0.3, -0.25) is 14.9 Å². The van der Waals surface area contributed by atoms with E-state index in [-0.39, 0.29) is 11.3 Å². The molecular formula is C12H15N5O2S2. The van der Waals surface area contributed by atoms with Crippen LogP contribution in [0.1, 0.15) is 30.3 Å². The number of thioether (sulfide) groups is 1. The highest BCUT2D eigenvalue weighted by molar-refractivity contribution is 7.98. The molecule has 0 fully saturated rings. The maximum atomic E-state index is 12.1. The van der Waals surface area contributed by atoms with Gasteiger partial charge in [0.15, 0.2) is 0 Å². The number of amides is 1. The molecule has 0 aliphatic rings. The van der Waals surface area contributed by atoms with Crippen LogP contribution < -0.4 is 10.9 Å². The predicted molar refractivity (Wildman–Crippen MR) is 83.0 cm³/mol. The monoisotopic (exact) mass is 325 g/mol. The van der Waals surface area contributed by atoms with E-state index in [4.69, 9.17) is 0 Å². The van der Waals surface area contributed by atoms with Crippen molar-refractivity contribution in [1.29, 1.82) is 0 Å². The normalized spacial score (nSPS) is 10.6. The molecular weight excluding hydrogens is 310 g/mol. The Labute approximate surface area is 130 Å². The number of unbranched alkanes of at least 4 members (excludes halogenated alkanes) is 1. The number of carbonyl (C=O) groups is 1. The van der Waals surface area contributed by atoms with Gasteiger partial charge in [0.25, 0.3) is 11.5 Å². The number of hydrogen-bond acceptors (Lipinski definition) is 7. The zero-order chi connectivity index (χ0) is 15.2. The summed E-state index contributed by atoms with van der Waals surface area (Å²) in [5, 5.41) is 7.73. The predicted octanol–water partition coefficient (Wildman–Crippen LogP) is 1.87. The highest BCUT2D eigenvalue weighted by Gasteiger charge is 2.12. The van der Waals surface area contributed by atoms with Crippen LogP contribution in [0.4, 0.5) is 5.13 Å². The van der Waals surface area contributed by atoms with Crippen LogP contribution in [0.25, 0.3) is 0 Å². The lowest BCUT2D eigenvalue weighted by Crippen LogP contribution is -2.26. The summed E-state index contributed by atoms with van der Waals surface area (Å²) in [4.78, 5) is 27.9. The first-order chi connectivity index (χ1) is 10.1. The highest BCUT2D eigenvalue weighted by atomic mass is 32.2. The maximum Gasteiger partial charge on any atom is 0.277 e. The molecule has 0 spiro atoms. The standard InChI is InChI=1S/C12H15N5O2S2/c1-3-4-7-17-9(18)6-5-8(15-17)10(19)13-11-14-12(20-2)16-21-11/h5-6H,3-4,7H2,1-2H3,(H,13,14,16,19). The molecule has 1 amide bonds. The van der Waals surface area contributed by atoms with E-state index in [2.05, 4.69) is 19.8 Å². The maximum absolute atomic E-state index is 12.1. The SMILES string of the molecule is CCCCn1nc(C(=O)Nc2nc(SC)ns2)ccc1=O. The van der Waals surface area contributed by atoms with Crippen LogP contribution in [0.15, 0.2) is 22.1 Å². The first-order valence-corrected chi connectivity index (χ1v) is 8.41. The largest absolute Gasteiger partial charge is 0.295 e. The quantitative estimate of drug-likeness (QED) is 0.816. The third-order valence-corrected chi connectivity index (χ3v) is 3.93. The third-order valence-electron chi connectivity index (χ3n) is 2.63. The number of anilines is 1. The Morgan fingerprint density at radius 2 is 2.29 bits per heavy atom. The minimum Gasteiger partial charge on any atom is -0.295 e. The van der Waals surface area contributed by atoms with Gasteiger partial charge in [-0.15, -0.1) is 0 Å². The third kappa shape index (κ3) is 4.11. The van der Waals surface area contributed by atoms with Gasteiger partial charge in [0.05, 0.1) is 0 Å². The average molecular weight is 325 g/mol. The fourth-order valence-electron chi connectivity index (χ4n) is 1.54. The van der Waals surface area contributed by atoms with Crippen molar-refractivity contribution in [3.8, 4) is 0 Å². The van der Waals surface area contributed by atoms with Gasteiger partial charge in [-0.05, 0) is 18.7 Å². The summed E-state index contributed by atoms with van der Waals surface area (Å²) < 4.78 is 5.37. The molecule has 2 rings (SSSR count). The van der Waals surface area contributed by atoms with Gasteiger partial charge in [0.1, 0.15) is 5.69 Å². The van der Waals surface area contributed by atoms with Crippen molar-refractivity contribution in [3.63, 3.8) is 0 Å². The van der Waals surface area contributed by atoms with E-state index in [1.54, 1.807) is 0 Å². The van der Waals surface area contributed by atoms with Gasteiger partial charge in [0, 0.05) is 24.1 Å². The average Bonchev–Trinajstić information content (AvgIpc) is 2.94. The van der Waals surface area contributed by atoms with E-state index >= 15 is 0 Å². The number of carbonyl (C=O) groups excluding carboxylic acids is 1. The Balaban J connectivity index is 2.13. The molecule has 7 nitrogen and oxygen atoms in total. The Morgan fingerprint density at radius 1 is 1.48 bits per heavy atom. The second kappa shape index (κ2) is 7.32. The second-order valence-electron chi connectivity index (χ2n) is 4.17. The molecule has 0 unspecified atom stereocenters. The van der Waals surface area contributed by atoms with Crippen LogP contribution in [-0.4, -0.2) is 31.3 Å². The molecule has 0 aliphatic heterocycles. The van der Waals surface area contributed by atoms with Crippen molar-refractivity contribution in [1.82, 2.24) is 19.1 Å². The first kappa shape index (κ1) is 15.6. The van der Waals surface area contributed by atoms with E-state index < -0.39 is 5.91 Å². The Morgan fingerprint density at radius 3 is 2.95 bits per heavy atom. The van der Waals surface area contributed by atoms with Crippen LogP contribution >= 0.6 is 23.3 Å². The highest BCUT2D eigenvalue weighted by Crippen LogP contribution is 2.17. The lowest BCUT2D eigenvalue weighted by Gasteiger charge is -2.05. The Bertz CT molecular complexity index is 682. The lowest BCUT2D eigenvalue weighted by atomic mass is 10.3. The molecule has 9 heteroatoms. The van der Waals surface area contributed by atoms with E-state index in [1.807, 2.05) is 13.2 Å². The number of aryl methyl sites for hydroxylation is 1. The van der Waals surface area contributed by atoms with Gasteiger partial charge < -0.3 is 0 Å². The summed E-state index contributed by atoms with van der Waals surface area (Å²) in [5.41, 5.74) is -0.0211. The molecule has 0 radical (unpaired) electrons. The molecule has 1 N–H and O–H groups in total. The minimum absolute atomic E-state index is 0.187. The fourth-order valence-corrected chi connectivity index (χ4v) is 2.66. The van der Waals surface area contributed by atoms with Crippen molar-refractivity contribution in [2.45, 2.75) is 31.5 Å². The van der Waals surface area contributed by atoms with E-state index in [9.17, 15) is 9.59 Å². The number of hydrogen-bond donors (Lipinski definition) is 1.